The number of nitrogens with zero attached hydrogens (tertiary/aromatic N) is 1. The van der Waals surface area contributed by atoms with Gasteiger partial charge in [0, 0.05) is 10.6 Å². The van der Waals surface area contributed by atoms with Crippen LogP contribution in [-0.4, -0.2) is 4.98 Å². The lowest BCUT2D eigenvalue weighted by Gasteiger charge is -2.14. The summed E-state index contributed by atoms with van der Waals surface area (Å²) in [7, 11) is 0. The molecule has 2 nitrogen and oxygen atoms in total. The average Bonchev–Trinajstić information content (AvgIpc) is 2.38. The lowest BCUT2D eigenvalue weighted by Crippen LogP contribution is -2.11. The first-order valence-electron chi connectivity index (χ1n) is 5.47. The number of alkyl halides is 3. The van der Waals surface area contributed by atoms with E-state index in [-0.39, 0.29) is 17.2 Å². The third-order valence-corrected chi connectivity index (χ3v) is 3.33. The van der Waals surface area contributed by atoms with Crippen LogP contribution in [0.4, 0.5) is 13.2 Å². The molecule has 0 unspecified atom stereocenters. The van der Waals surface area contributed by atoms with Crippen molar-refractivity contribution in [3.05, 3.63) is 57.3 Å². The summed E-state index contributed by atoms with van der Waals surface area (Å²) in [5, 5.41) is 0.0184. The zero-order chi connectivity index (χ0) is 14.8. The van der Waals surface area contributed by atoms with Gasteiger partial charge in [0.1, 0.15) is 17.0 Å². The van der Waals surface area contributed by atoms with E-state index in [4.69, 9.17) is 16.3 Å². The van der Waals surface area contributed by atoms with Crippen LogP contribution in [0.3, 0.4) is 0 Å². The zero-order valence-corrected chi connectivity index (χ0v) is 12.3. The molecular weight excluding hydrogens is 358 g/mol. The van der Waals surface area contributed by atoms with E-state index in [0.717, 1.165) is 6.07 Å². The van der Waals surface area contributed by atoms with Crippen LogP contribution < -0.4 is 4.74 Å². The lowest BCUT2D eigenvalue weighted by molar-refractivity contribution is -0.138. The summed E-state index contributed by atoms with van der Waals surface area (Å²) in [6.45, 7) is -0.280. The van der Waals surface area contributed by atoms with Crippen molar-refractivity contribution in [3.8, 4) is 5.75 Å². The summed E-state index contributed by atoms with van der Waals surface area (Å²) in [6.07, 6.45) is -3.06. The van der Waals surface area contributed by atoms with Gasteiger partial charge in [-0.25, -0.2) is 4.98 Å². The molecule has 2 rings (SSSR count). The van der Waals surface area contributed by atoms with Gasteiger partial charge < -0.3 is 4.74 Å². The van der Waals surface area contributed by atoms with Gasteiger partial charge in [0.2, 0.25) is 0 Å². The molecule has 106 valence electrons. The van der Waals surface area contributed by atoms with E-state index in [2.05, 4.69) is 20.9 Å². The number of aromatic nitrogens is 1. The Morgan fingerprint density at radius 1 is 1.20 bits per heavy atom. The molecule has 7 heteroatoms. The largest absolute Gasteiger partial charge is 0.487 e. The fourth-order valence-corrected chi connectivity index (χ4v) is 2.04. The normalized spacial score (nSPS) is 11.4. The third kappa shape index (κ3) is 3.64. The van der Waals surface area contributed by atoms with E-state index in [1.807, 2.05) is 0 Å². The van der Waals surface area contributed by atoms with Crippen LogP contribution in [0.25, 0.3) is 0 Å². The summed E-state index contributed by atoms with van der Waals surface area (Å²) < 4.78 is 44.5. The predicted molar refractivity (Wildman–Crippen MR) is 72.7 cm³/mol. The molecule has 0 atom stereocenters. The van der Waals surface area contributed by atoms with Crippen molar-refractivity contribution in [1.82, 2.24) is 4.98 Å². The smallest absolute Gasteiger partial charge is 0.416 e. The van der Waals surface area contributed by atoms with Crippen molar-refractivity contribution >= 4 is 27.5 Å². The maximum absolute atomic E-state index is 12.9. The number of benzene rings is 1. The molecule has 0 aliphatic carbocycles. The van der Waals surface area contributed by atoms with Crippen LogP contribution in [0, 0.1) is 0 Å². The Morgan fingerprint density at radius 3 is 2.55 bits per heavy atom. The molecule has 0 aliphatic rings. The maximum Gasteiger partial charge on any atom is 0.416 e. The molecule has 0 radical (unpaired) electrons. The first kappa shape index (κ1) is 15.1. The van der Waals surface area contributed by atoms with E-state index >= 15 is 0 Å². The molecule has 0 aliphatic heterocycles. The average molecular weight is 367 g/mol. The fourth-order valence-electron chi connectivity index (χ4n) is 1.57. The molecule has 1 aromatic carbocycles. The molecule has 0 N–H and O–H groups in total. The highest BCUT2D eigenvalue weighted by Gasteiger charge is 2.34. The molecule has 0 bridgehead atoms. The summed E-state index contributed by atoms with van der Waals surface area (Å²) in [6, 6.07) is 6.86. The Labute approximate surface area is 126 Å². The molecule has 0 amide bonds. The van der Waals surface area contributed by atoms with Crippen molar-refractivity contribution in [1.29, 1.82) is 0 Å². The second-order valence-corrected chi connectivity index (χ2v) is 5.09. The maximum atomic E-state index is 12.9. The number of hydrogen-bond acceptors (Lipinski definition) is 2. The summed E-state index contributed by atoms with van der Waals surface area (Å²) >= 11 is 8.98. The summed E-state index contributed by atoms with van der Waals surface area (Å²) in [4.78, 5) is 3.92. The van der Waals surface area contributed by atoms with Gasteiger partial charge in [-0.1, -0.05) is 17.7 Å². The highest BCUT2D eigenvalue weighted by Crippen LogP contribution is 2.35. The van der Waals surface area contributed by atoms with Gasteiger partial charge in [-0.2, -0.15) is 13.2 Å². The van der Waals surface area contributed by atoms with Crippen LogP contribution >= 0.6 is 27.5 Å². The molecular formula is C13H8BrClF3NO. The molecule has 2 aromatic rings. The van der Waals surface area contributed by atoms with Crippen LogP contribution in [0.15, 0.2) is 41.1 Å². The number of ether oxygens (including phenoxy) is 1. The van der Waals surface area contributed by atoms with E-state index in [1.54, 1.807) is 12.1 Å². The fraction of sp³-hybridized carbons (Fsp3) is 0.154. The van der Waals surface area contributed by atoms with Gasteiger partial charge in [-0.15, -0.1) is 0 Å². The zero-order valence-electron chi connectivity index (χ0n) is 9.92. The Hall–Kier alpha value is -1.27. The molecule has 0 fully saturated rings. The Morgan fingerprint density at radius 2 is 1.95 bits per heavy atom. The molecule has 0 saturated carbocycles. The van der Waals surface area contributed by atoms with E-state index in [9.17, 15) is 13.2 Å². The third-order valence-electron chi connectivity index (χ3n) is 2.51. The SMILES string of the molecule is FC(F)(F)c1cccc(Cl)c1COc1ccc(Br)nc1. The predicted octanol–water partition coefficient (Wildman–Crippen LogP) is 5.10. The highest BCUT2D eigenvalue weighted by molar-refractivity contribution is 9.10. The second kappa shape index (κ2) is 6.01. The van der Waals surface area contributed by atoms with Crippen LogP contribution in [0.1, 0.15) is 11.1 Å². The topological polar surface area (TPSA) is 22.1 Å². The Kier molecular flexibility index (Phi) is 4.55. The van der Waals surface area contributed by atoms with E-state index < -0.39 is 11.7 Å². The number of rotatable bonds is 3. The first-order valence-corrected chi connectivity index (χ1v) is 6.64. The first-order chi connectivity index (χ1) is 9.38. The standard InChI is InChI=1S/C13H8BrClF3NO/c14-12-5-4-8(6-19-12)20-7-9-10(13(16,17)18)2-1-3-11(9)15/h1-6H,7H2. The van der Waals surface area contributed by atoms with Crippen molar-refractivity contribution in [2.45, 2.75) is 12.8 Å². The number of pyridine rings is 1. The number of hydrogen-bond donors (Lipinski definition) is 0. The van der Waals surface area contributed by atoms with E-state index in [1.165, 1.54) is 18.3 Å². The monoisotopic (exact) mass is 365 g/mol. The lowest BCUT2D eigenvalue weighted by atomic mass is 10.1. The molecule has 0 spiro atoms. The minimum Gasteiger partial charge on any atom is -0.487 e. The van der Waals surface area contributed by atoms with E-state index in [0.29, 0.717) is 10.4 Å². The molecule has 1 heterocycles. The summed E-state index contributed by atoms with van der Waals surface area (Å²) in [5.74, 6) is 0.362. The van der Waals surface area contributed by atoms with Crippen LogP contribution in [-0.2, 0) is 12.8 Å². The quantitative estimate of drug-likeness (QED) is 0.706. The van der Waals surface area contributed by atoms with Gasteiger partial charge in [0.05, 0.1) is 11.8 Å². The minimum atomic E-state index is -4.47. The Bertz CT molecular complexity index is 602. The summed E-state index contributed by atoms with van der Waals surface area (Å²) in [5.41, 5.74) is -0.889. The molecule has 1 aromatic heterocycles. The van der Waals surface area contributed by atoms with Gasteiger partial charge in [0.25, 0.3) is 0 Å². The van der Waals surface area contributed by atoms with Crippen LogP contribution in [0.2, 0.25) is 5.02 Å². The minimum absolute atomic E-state index is 0.0184. The van der Waals surface area contributed by atoms with Gasteiger partial charge in [0.15, 0.2) is 0 Å². The Balaban J connectivity index is 2.23. The second-order valence-electron chi connectivity index (χ2n) is 3.87. The molecule has 0 saturated heterocycles. The van der Waals surface area contributed by atoms with Crippen molar-refractivity contribution in [3.63, 3.8) is 0 Å². The van der Waals surface area contributed by atoms with Gasteiger partial charge in [-0.05, 0) is 40.2 Å². The van der Waals surface area contributed by atoms with Gasteiger partial charge in [-0.3, -0.25) is 0 Å². The van der Waals surface area contributed by atoms with Crippen molar-refractivity contribution in [2.24, 2.45) is 0 Å². The van der Waals surface area contributed by atoms with Crippen LogP contribution in [0.5, 0.6) is 5.75 Å². The van der Waals surface area contributed by atoms with Crippen molar-refractivity contribution in [2.75, 3.05) is 0 Å². The molecule has 20 heavy (non-hydrogen) atoms. The number of halogens is 5. The highest BCUT2D eigenvalue weighted by atomic mass is 79.9. The van der Waals surface area contributed by atoms with Crippen molar-refractivity contribution < 1.29 is 17.9 Å². The van der Waals surface area contributed by atoms with Gasteiger partial charge >= 0.3 is 6.18 Å².